The third-order valence-electron chi connectivity index (χ3n) is 5.51. The number of nitrogens with zero attached hydrogens (tertiary/aromatic N) is 3. The Morgan fingerprint density at radius 3 is 2.64 bits per heavy atom. The number of anilines is 1. The summed E-state index contributed by atoms with van der Waals surface area (Å²) >= 11 is 1.63. The van der Waals surface area contributed by atoms with E-state index in [9.17, 15) is 9.59 Å². The van der Waals surface area contributed by atoms with Crippen molar-refractivity contribution in [1.82, 2.24) is 9.88 Å². The molecule has 0 radical (unpaired) electrons. The molecule has 3 heterocycles. The highest BCUT2D eigenvalue weighted by Crippen LogP contribution is 2.35. The van der Waals surface area contributed by atoms with Gasteiger partial charge in [0.2, 0.25) is 5.91 Å². The van der Waals surface area contributed by atoms with Crippen molar-refractivity contribution in [1.29, 1.82) is 0 Å². The Balaban J connectivity index is 1.30. The van der Waals surface area contributed by atoms with E-state index in [1.807, 2.05) is 30.0 Å². The number of benzene rings is 1. The molecule has 2 aliphatic rings. The summed E-state index contributed by atoms with van der Waals surface area (Å²) in [5.74, 6) is 0.839. The molecule has 2 fully saturated rings. The molecule has 2 aromatic rings. The molecule has 2 aliphatic heterocycles. The molecule has 0 aliphatic carbocycles. The predicted molar refractivity (Wildman–Crippen MR) is 108 cm³/mol. The number of aromatic nitrogens is 1. The summed E-state index contributed by atoms with van der Waals surface area (Å²) < 4.78 is 11.5. The van der Waals surface area contributed by atoms with Gasteiger partial charge in [-0.3, -0.25) is 9.59 Å². The fraction of sp³-hybridized carbons (Fsp3) is 0.550. The SMILES string of the molecule is CCOC(=O)C1CCN(C(=O)C2CN(c3nc4ccc(OC)cc4s3)C2)CC1. The number of methoxy groups -OCH3 is 1. The predicted octanol–water partition coefficient (Wildman–Crippen LogP) is 2.54. The quantitative estimate of drug-likeness (QED) is 0.715. The van der Waals surface area contributed by atoms with Gasteiger partial charge in [0.05, 0.1) is 35.8 Å². The molecule has 0 N–H and O–H groups in total. The molecule has 0 atom stereocenters. The number of ether oxygens (including phenoxy) is 2. The highest BCUT2D eigenvalue weighted by atomic mass is 32.1. The summed E-state index contributed by atoms with van der Waals surface area (Å²) in [6.45, 7) is 4.91. The molecular weight excluding hydrogens is 378 g/mol. The standard InChI is InChI=1S/C20H25N3O4S/c1-3-27-19(25)13-6-8-22(9-7-13)18(24)14-11-23(12-14)20-21-16-5-4-15(26-2)10-17(16)28-20/h4-5,10,13-14H,3,6-9,11-12H2,1-2H3. The molecule has 1 aromatic carbocycles. The van der Waals surface area contributed by atoms with Gasteiger partial charge in [0.15, 0.2) is 5.13 Å². The van der Waals surface area contributed by atoms with Crippen LogP contribution in [-0.4, -0.2) is 61.7 Å². The first-order valence-electron chi connectivity index (χ1n) is 9.74. The van der Waals surface area contributed by atoms with Crippen LogP contribution in [0.25, 0.3) is 10.2 Å². The Bertz CT molecular complexity index is 869. The first-order valence-corrected chi connectivity index (χ1v) is 10.6. The van der Waals surface area contributed by atoms with E-state index in [1.54, 1.807) is 18.4 Å². The van der Waals surface area contributed by atoms with Gasteiger partial charge < -0.3 is 19.3 Å². The van der Waals surface area contributed by atoms with E-state index in [1.165, 1.54) is 0 Å². The number of carbonyl (C=O) groups excluding carboxylic acids is 2. The Hall–Kier alpha value is -2.35. The van der Waals surface area contributed by atoms with Gasteiger partial charge in [0.25, 0.3) is 0 Å². The van der Waals surface area contributed by atoms with Crippen molar-refractivity contribution in [2.45, 2.75) is 19.8 Å². The number of thiazole rings is 1. The second kappa shape index (κ2) is 7.95. The van der Waals surface area contributed by atoms with Crippen LogP contribution in [0.2, 0.25) is 0 Å². The number of hydrogen-bond acceptors (Lipinski definition) is 7. The van der Waals surface area contributed by atoms with Crippen LogP contribution in [0.15, 0.2) is 18.2 Å². The molecule has 0 saturated carbocycles. The molecule has 8 heteroatoms. The van der Waals surface area contributed by atoms with Gasteiger partial charge in [0.1, 0.15) is 5.75 Å². The normalized spacial score (nSPS) is 18.2. The first-order chi connectivity index (χ1) is 13.6. The fourth-order valence-electron chi connectivity index (χ4n) is 3.80. The van der Waals surface area contributed by atoms with Crippen LogP contribution in [0.5, 0.6) is 5.75 Å². The number of hydrogen-bond donors (Lipinski definition) is 0. The summed E-state index contributed by atoms with van der Waals surface area (Å²) in [5, 5.41) is 0.952. The zero-order valence-corrected chi connectivity index (χ0v) is 17.0. The van der Waals surface area contributed by atoms with Gasteiger partial charge in [-0.25, -0.2) is 4.98 Å². The summed E-state index contributed by atoms with van der Waals surface area (Å²) in [4.78, 5) is 33.3. The minimum atomic E-state index is -0.128. The maximum Gasteiger partial charge on any atom is 0.309 e. The molecule has 2 saturated heterocycles. The summed E-state index contributed by atoms with van der Waals surface area (Å²) in [5.41, 5.74) is 0.955. The van der Waals surface area contributed by atoms with E-state index < -0.39 is 0 Å². The van der Waals surface area contributed by atoms with Crippen molar-refractivity contribution < 1.29 is 19.1 Å². The van der Waals surface area contributed by atoms with Crippen molar-refractivity contribution in [3.05, 3.63) is 18.2 Å². The summed E-state index contributed by atoms with van der Waals surface area (Å²) in [7, 11) is 1.66. The van der Waals surface area contributed by atoms with E-state index >= 15 is 0 Å². The highest BCUT2D eigenvalue weighted by molar-refractivity contribution is 7.22. The van der Waals surface area contributed by atoms with E-state index in [4.69, 9.17) is 9.47 Å². The van der Waals surface area contributed by atoms with Crippen LogP contribution in [0.3, 0.4) is 0 Å². The van der Waals surface area contributed by atoms with Crippen molar-refractivity contribution in [2.24, 2.45) is 11.8 Å². The van der Waals surface area contributed by atoms with Crippen molar-refractivity contribution in [3.8, 4) is 5.75 Å². The smallest absolute Gasteiger partial charge is 0.309 e. The molecule has 28 heavy (non-hydrogen) atoms. The average molecular weight is 404 g/mol. The molecule has 0 unspecified atom stereocenters. The van der Waals surface area contributed by atoms with E-state index in [0.717, 1.165) is 21.1 Å². The lowest BCUT2D eigenvalue weighted by Gasteiger charge is -2.41. The summed E-state index contributed by atoms with van der Waals surface area (Å²) in [6.07, 6.45) is 1.39. The van der Waals surface area contributed by atoms with E-state index in [2.05, 4.69) is 9.88 Å². The van der Waals surface area contributed by atoms with E-state index in [-0.39, 0.29) is 23.7 Å². The maximum atomic E-state index is 12.8. The third-order valence-corrected chi connectivity index (χ3v) is 6.59. The lowest BCUT2D eigenvalue weighted by atomic mass is 9.93. The van der Waals surface area contributed by atoms with Gasteiger partial charge in [-0.05, 0) is 38.0 Å². The molecule has 150 valence electrons. The number of fused-ring (bicyclic) bond motifs is 1. The van der Waals surface area contributed by atoms with Gasteiger partial charge in [-0.1, -0.05) is 11.3 Å². The summed E-state index contributed by atoms with van der Waals surface area (Å²) in [6, 6.07) is 5.87. The molecule has 1 aromatic heterocycles. The van der Waals surface area contributed by atoms with Crippen LogP contribution in [-0.2, 0) is 14.3 Å². The Morgan fingerprint density at radius 1 is 1.21 bits per heavy atom. The maximum absolute atomic E-state index is 12.8. The zero-order chi connectivity index (χ0) is 19.7. The number of rotatable bonds is 5. The molecule has 7 nitrogen and oxygen atoms in total. The van der Waals surface area contributed by atoms with Gasteiger partial charge >= 0.3 is 5.97 Å². The minimum absolute atomic E-state index is 0.0145. The number of esters is 1. The Kier molecular flexibility index (Phi) is 5.39. The van der Waals surface area contributed by atoms with Crippen LogP contribution in [0.4, 0.5) is 5.13 Å². The fourth-order valence-corrected chi connectivity index (χ4v) is 4.81. The van der Waals surface area contributed by atoms with Gasteiger partial charge in [0, 0.05) is 26.2 Å². The average Bonchev–Trinajstić information content (AvgIpc) is 3.09. The van der Waals surface area contributed by atoms with Crippen molar-refractivity contribution in [3.63, 3.8) is 0 Å². The van der Waals surface area contributed by atoms with Crippen LogP contribution < -0.4 is 9.64 Å². The molecule has 4 rings (SSSR count). The largest absolute Gasteiger partial charge is 0.497 e. The Morgan fingerprint density at radius 2 is 1.96 bits per heavy atom. The van der Waals surface area contributed by atoms with Crippen molar-refractivity contribution in [2.75, 3.05) is 44.8 Å². The Labute approximate surface area is 168 Å². The molecular formula is C20H25N3O4S. The third kappa shape index (κ3) is 3.65. The molecule has 0 bridgehead atoms. The lowest BCUT2D eigenvalue weighted by molar-refractivity contribution is -0.152. The lowest BCUT2D eigenvalue weighted by Crippen LogP contribution is -2.56. The monoisotopic (exact) mass is 403 g/mol. The number of likely N-dealkylation sites (tertiary alicyclic amines) is 1. The first kappa shape index (κ1) is 19.0. The topological polar surface area (TPSA) is 72.0 Å². The van der Waals surface area contributed by atoms with Crippen LogP contribution >= 0.6 is 11.3 Å². The minimum Gasteiger partial charge on any atom is -0.497 e. The molecule has 0 spiro atoms. The highest BCUT2D eigenvalue weighted by Gasteiger charge is 2.38. The van der Waals surface area contributed by atoms with Crippen molar-refractivity contribution >= 4 is 38.6 Å². The zero-order valence-electron chi connectivity index (χ0n) is 16.2. The van der Waals surface area contributed by atoms with Gasteiger partial charge in [-0.15, -0.1) is 0 Å². The second-order valence-electron chi connectivity index (χ2n) is 7.28. The van der Waals surface area contributed by atoms with E-state index in [0.29, 0.717) is 45.6 Å². The number of piperidine rings is 1. The van der Waals surface area contributed by atoms with Crippen LogP contribution in [0, 0.1) is 11.8 Å². The molecule has 1 amide bonds. The van der Waals surface area contributed by atoms with Gasteiger partial charge in [-0.2, -0.15) is 0 Å². The number of carbonyl (C=O) groups is 2. The number of amides is 1. The second-order valence-corrected chi connectivity index (χ2v) is 8.29. The van der Waals surface area contributed by atoms with Crippen LogP contribution in [0.1, 0.15) is 19.8 Å².